The zero-order valence-electron chi connectivity index (χ0n) is 11.3. The summed E-state index contributed by atoms with van der Waals surface area (Å²) in [5.41, 5.74) is 0.733. The number of carbonyl (C=O) groups excluding carboxylic acids is 1. The molecule has 2 aromatic carbocycles. The molecular weight excluding hydrogens is 270 g/mol. The molecule has 0 saturated heterocycles. The van der Waals surface area contributed by atoms with Crippen molar-refractivity contribution in [2.45, 2.75) is 37.1 Å². The fourth-order valence-electron chi connectivity index (χ4n) is 2.80. The van der Waals surface area contributed by atoms with Crippen LogP contribution >= 0.6 is 11.6 Å². The summed E-state index contributed by atoms with van der Waals surface area (Å²) < 4.78 is 0. The first kappa shape index (κ1) is 13.4. The number of alkyl halides is 1. The molecule has 1 amide bonds. The third-order valence-corrected chi connectivity index (χ3v) is 4.44. The van der Waals surface area contributed by atoms with Crippen LogP contribution in [0.2, 0.25) is 0 Å². The summed E-state index contributed by atoms with van der Waals surface area (Å²) in [6, 6.07) is 14.2. The molecule has 0 radical (unpaired) electrons. The zero-order valence-corrected chi connectivity index (χ0v) is 12.1. The Morgan fingerprint density at radius 3 is 2.45 bits per heavy atom. The first-order valence-electron chi connectivity index (χ1n) is 7.16. The lowest BCUT2D eigenvalue weighted by molar-refractivity contribution is 0.0928. The van der Waals surface area contributed by atoms with Gasteiger partial charge < -0.3 is 5.32 Å². The van der Waals surface area contributed by atoms with E-state index >= 15 is 0 Å². The highest BCUT2D eigenvalue weighted by atomic mass is 35.5. The number of amides is 1. The van der Waals surface area contributed by atoms with E-state index in [2.05, 4.69) is 11.4 Å². The van der Waals surface area contributed by atoms with Crippen molar-refractivity contribution >= 4 is 28.3 Å². The quantitative estimate of drug-likeness (QED) is 0.827. The van der Waals surface area contributed by atoms with E-state index in [1.165, 1.54) is 0 Å². The molecule has 1 aliphatic rings. The largest absolute Gasteiger partial charge is 0.349 e. The second-order valence-corrected chi connectivity index (χ2v) is 6.10. The molecule has 20 heavy (non-hydrogen) atoms. The van der Waals surface area contributed by atoms with Gasteiger partial charge in [0.2, 0.25) is 0 Å². The maximum absolute atomic E-state index is 12.3. The second kappa shape index (κ2) is 5.84. The Hall–Kier alpha value is -1.54. The third kappa shape index (κ3) is 2.96. The predicted octanol–water partition coefficient (Wildman–Crippen LogP) is 4.12. The van der Waals surface area contributed by atoms with Gasteiger partial charge >= 0.3 is 0 Å². The Morgan fingerprint density at radius 2 is 1.70 bits per heavy atom. The average Bonchev–Trinajstić information content (AvgIpc) is 2.49. The highest BCUT2D eigenvalue weighted by Gasteiger charge is 2.21. The molecule has 2 aromatic rings. The summed E-state index contributed by atoms with van der Waals surface area (Å²) in [4.78, 5) is 12.3. The minimum absolute atomic E-state index is 0.0220. The average molecular weight is 288 g/mol. The molecule has 1 N–H and O–H groups in total. The summed E-state index contributed by atoms with van der Waals surface area (Å²) in [6.45, 7) is 0. The first-order valence-corrected chi connectivity index (χ1v) is 7.60. The van der Waals surface area contributed by atoms with E-state index in [4.69, 9.17) is 11.6 Å². The summed E-state index contributed by atoms with van der Waals surface area (Å²) in [6.07, 6.45) is 3.94. The molecular formula is C17H18ClNO. The molecule has 0 heterocycles. The lowest BCUT2D eigenvalue weighted by atomic mass is 9.94. The number of nitrogens with one attached hydrogen (secondary N) is 1. The summed E-state index contributed by atoms with van der Waals surface area (Å²) in [7, 11) is 0. The molecule has 1 aliphatic carbocycles. The van der Waals surface area contributed by atoms with E-state index in [-0.39, 0.29) is 17.3 Å². The monoisotopic (exact) mass is 287 g/mol. The van der Waals surface area contributed by atoms with E-state index in [0.717, 1.165) is 42.0 Å². The van der Waals surface area contributed by atoms with Crippen LogP contribution in [0.4, 0.5) is 0 Å². The van der Waals surface area contributed by atoms with Crippen molar-refractivity contribution in [2.75, 3.05) is 0 Å². The number of fused-ring (bicyclic) bond motifs is 1. The van der Waals surface area contributed by atoms with Crippen LogP contribution in [0.1, 0.15) is 36.0 Å². The van der Waals surface area contributed by atoms with Crippen molar-refractivity contribution in [1.29, 1.82) is 0 Å². The van der Waals surface area contributed by atoms with Crippen LogP contribution in [0.15, 0.2) is 42.5 Å². The van der Waals surface area contributed by atoms with Gasteiger partial charge in [0, 0.05) is 17.0 Å². The van der Waals surface area contributed by atoms with Crippen LogP contribution in [-0.2, 0) is 0 Å². The standard InChI is InChI=1S/C17H18ClNO/c18-15-7-9-16(10-8-15)19-17(20)14-6-5-12-3-1-2-4-13(12)11-14/h1-6,11,15-16H,7-10H2,(H,19,20). The zero-order chi connectivity index (χ0) is 13.9. The number of halogens is 1. The van der Waals surface area contributed by atoms with Gasteiger partial charge in [0.15, 0.2) is 0 Å². The Labute approximate surface area is 124 Å². The van der Waals surface area contributed by atoms with Crippen LogP contribution in [0.3, 0.4) is 0 Å². The molecule has 0 aliphatic heterocycles. The van der Waals surface area contributed by atoms with E-state index < -0.39 is 0 Å². The van der Waals surface area contributed by atoms with E-state index in [1.54, 1.807) is 0 Å². The molecule has 0 bridgehead atoms. The van der Waals surface area contributed by atoms with Crippen LogP contribution in [-0.4, -0.2) is 17.3 Å². The Morgan fingerprint density at radius 1 is 1.00 bits per heavy atom. The van der Waals surface area contributed by atoms with Gasteiger partial charge in [0.25, 0.3) is 5.91 Å². The highest BCUT2D eigenvalue weighted by Crippen LogP contribution is 2.23. The molecule has 0 spiro atoms. The summed E-state index contributed by atoms with van der Waals surface area (Å²) in [5.74, 6) is 0.0220. The molecule has 3 rings (SSSR count). The number of benzene rings is 2. The highest BCUT2D eigenvalue weighted by molar-refractivity contribution is 6.20. The Balaban J connectivity index is 1.72. The lowest BCUT2D eigenvalue weighted by Crippen LogP contribution is -2.37. The van der Waals surface area contributed by atoms with Gasteiger partial charge in [0.05, 0.1) is 0 Å². The SMILES string of the molecule is O=C(NC1CCC(Cl)CC1)c1ccc2ccccc2c1. The molecule has 3 heteroatoms. The fraction of sp³-hybridized carbons (Fsp3) is 0.353. The van der Waals surface area contributed by atoms with E-state index in [9.17, 15) is 4.79 Å². The maximum atomic E-state index is 12.3. The van der Waals surface area contributed by atoms with Crippen molar-refractivity contribution in [3.63, 3.8) is 0 Å². The van der Waals surface area contributed by atoms with Gasteiger partial charge in [-0.2, -0.15) is 0 Å². The van der Waals surface area contributed by atoms with Crippen molar-refractivity contribution in [3.8, 4) is 0 Å². The Bertz CT molecular complexity index is 617. The molecule has 1 saturated carbocycles. The van der Waals surface area contributed by atoms with Gasteiger partial charge in [0.1, 0.15) is 0 Å². The van der Waals surface area contributed by atoms with Gasteiger partial charge in [-0.05, 0) is 48.6 Å². The normalized spacial score (nSPS) is 22.6. The van der Waals surface area contributed by atoms with Crippen LogP contribution in [0, 0.1) is 0 Å². The van der Waals surface area contributed by atoms with Crippen molar-refractivity contribution in [2.24, 2.45) is 0 Å². The summed E-state index contributed by atoms with van der Waals surface area (Å²) >= 11 is 6.09. The topological polar surface area (TPSA) is 29.1 Å². The molecule has 0 unspecified atom stereocenters. The molecule has 104 valence electrons. The predicted molar refractivity (Wildman–Crippen MR) is 83.3 cm³/mol. The number of rotatable bonds is 2. The molecule has 0 atom stereocenters. The van der Waals surface area contributed by atoms with Crippen molar-refractivity contribution in [1.82, 2.24) is 5.32 Å². The maximum Gasteiger partial charge on any atom is 0.251 e. The minimum atomic E-state index is 0.0220. The van der Waals surface area contributed by atoms with Gasteiger partial charge in [-0.15, -0.1) is 11.6 Å². The Kier molecular flexibility index (Phi) is 3.93. The van der Waals surface area contributed by atoms with Gasteiger partial charge in [-0.3, -0.25) is 4.79 Å². The van der Waals surface area contributed by atoms with Crippen LogP contribution < -0.4 is 5.32 Å². The number of hydrogen-bond acceptors (Lipinski definition) is 1. The molecule has 2 nitrogen and oxygen atoms in total. The fourth-order valence-corrected chi connectivity index (χ4v) is 3.05. The molecule has 1 fully saturated rings. The van der Waals surface area contributed by atoms with Crippen LogP contribution in [0.5, 0.6) is 0 Å². The van der Waals surface area contributed by atoms with Crippen molar-refractivity contribution in [3.05, 3.63) is 48.0 Å². The minimum Gasteiger partial charge on any atom is -0.349 e. The summed E-state index contributed by atoms with van der Waals surface area (Å²) in [5, 5.41) is 5.66. The second-order valence-electron chi connectivity index (χ2n) is 5.48. The number of hydrogen-bond donors (Lipinski definition) is 1. The first-order chi connectivity index (χ1) is 9.72. The lowest BCUT2D eigenvalue weighted by Gasteiger charge is -2.25. The van der Waals surface area contributed by atoms with Gasteiger partial charge in [-0.1, -0.05) is 30.3 Å². The smallest absolute Gasteiger partial charge is 0.251 e. The molecule has 0 aromatic heterocycles. The number of carbonyl (C=O) groups is 1. The van der Waals surface area contributed by atoms with E-state index in [0.29, 0.717) is 0 Å². The third-order valence-electron chi connectivity index (χ3n) is 4.00. The van der Waals surface area contributed by atoms with E-state index in [1.807, 2.05) is 36.4 Å². The van der Waals surface area contributed by atoms with Crippen molar-refractivity contribution < 1.29 is 4.79 Å². The van der Waals surface area contributed by atoms with Gasteiger partial charge in [-0.25, -0.2) is 0 Å². The van der Waals surface area contributed by atoms with Crippen LogP contribution in [0.25, 0.3) is 10.8 Å².